The molecule has 1 aromatic heterocycles. The van der Waals surface area contributed by atoms with E-state index in [0.29, 0.717) is 0 Å². The molecule has 0 saturated heterocycles. The van der Waals surface area contributed by atoms with Gasteiger partial charge in [0.1, 0.15) is 0 Å². The molecule has 6 aromatic carbocycles. The summed E-state index contributed by atoms with van der Waals surface area (Å²) >= 11 is 0. The highest BCUT2D eigenvalue weighted by molar-refractivity contribution is 6.21. The van der Waals surface area contributed by atoms with E-state index in [4.69, 9.17) is 4.98 Å². The monoisotopic (exact) mass is 550 g/mol. The summed E-state index contributed by atoms with van der Waals surface area (Å²) in [4.78, 5) is 4.76. The standard InChI is InChI=1S/C41H30N2/c1-27-10-11-29-14-17-32(25-34(29)24-27)41-37-8-4-2-6-35(37)40(36-7-3-5-9-38(36)41)31-15-12-28(13-16-31)33-18-19-39(43-26-33)30-20-22-42-23-21-30/h2-22,24-26,42H,23H2,1H3. The molecule has 0 aliphatic carbocycles. The molecular formula is C41H30N2. The van der Waals surface area contributed by atoms with Gasteiger partial charge in [-0.05, 0) is 97.0 Å². The zero-order valence-corrected chi connectivity index (χ0v) is 24.0. The van der Waals surface area contributed by atoms with Crippen LogP contribution < -0.4 is 5.32 Å². The highest BCUT2D eigenvalue weighted by Crippen LogP contribution is 2.44. The molecule has 43 heavy (non-hydrogen) atoms. The van der Waals surface area contributed by atoms with Gasteiger partial charge in [-0.25, -0.2) is 0 Å². The van der Waals surface area contributed by atoms with Crippen LogP contribution in [0.15, 0.2) is 146 Å². The SMILES string of the molecule is Cc1ccc2ccc(-c3c4ccccc4c(-c4ccc(-c5ccc(C6=CCNC=C6)nc5)cc4)c4ccccc34)cc2c1. The van der Waals surface area contributed by atoms with E-state index in [1.165, 1.54) is 60.1 Å². The number of fused-ring (bicyclic) bond motifs is 3. The van der Waals surface area contributed by atoms with Crippen LogP contribution in [0.25, 0.3) is 71.3 Å². The average molecular weight is 551 g/mol. The van der Waals surface area contributed by atoms with Crippen LogP contribution in [0.1, 0.15) is 11.3 Å². The fourth-order valence-electron chi connectivity index (χ4n) is 6.48. The van der Waals surface area contributed by atoms with E-state index < -0.39 is 0 Å². The molecule has 0 amide bonds. The minimum absolute atomic E-state index is 0.836. The number of aryl methyl sites for hydroxylation is 1. The Morgan fingerprint density at radius 2 is 1.16 bits per heavy atom. The van der Waals surface area contributed by atoms with Crippen LogP contribution in [0.2, 0.25) is 0 Å². The van der Waals surface area contributed by atoms with Gasteiger partial charge < -0.3 is 5.32 Å². The molecule has 0 bridgehead atoms. The molecular weight excluding hydrogens is 520 g/mol. The predicted molar refractivity (Wildman–Crippen MR) is 183 cm³/mol. The van der Waals surface area contributed by atoms with Gasteiger partial charge in [0.05, 0.1) is 5.69 Å². The lowest BCUT2D eigenvalue weighted by atomic mass is 9.85. The van der Waals surface area contributed by atoms with Crippen molar-refractivity contribution in [3.63, 3.8) is 0 Å². The van der Waals surface area contributed by atoms with Gasteiger partial charge in [0.25, 0.3) is 0 Å². The predicted octanol–water partition coefficient (Wildman–Crippen LogP) is 10.4. The molecule has 1 N–H and O–H groups in total. The fourth-order valence-corrected chi connectivity index (χ4v) is 6.48. The first kappa shape index (κ1) is 25.3. The van der Waals surface area contributed by atoms with Crippen LogP contribution in [-0.2, 0) is 0 Å². The number of aromatic nitrogens is 1. The summed E-state index contributed by atoms with van der Waals surface area (Å²) in [5.41, 5.74) is 10.7. The third-order valence-electron chi connectivity index (χ3n) is 8.60. The van der Waals surface area contributed by atoms with Crippen LogP contribution in [-0.4, -0.2) is 11.5 Å². The van der Waals surface area contributed by atoms with Crippen molar-refractivity contribution in [2.75, 3.05) is 6.54 Å². The van der Waals surface area contributed by atoms with Gasteiger partial charge in [-0.2, -0.15) is 0 Å². The summed E-state index contributed by atoms with van der Waals surface area (Å²) in [5, 5.41) is 10.8. The molecule has 2 heteroatoms. The Hall–Kier alpha value is -5.47. The molecule has 2 nitrogen and oxygen atoms in total. The summed E-state index contributed by atoms with van der Waals surface area (Å²) in [6.07, 6.45) is 8.19. The summed E-state index contributed by atoms with van der Waals surface area (Å²) in [6.45, 7) is 3.00. The highest BCUT2D eigenvalue weighted by Gasteiger charge is 2.17. The van der Waals surface area contributed by atoms with Crippen LogP contribution in [0.5, 0.6) is 0 Å². The molecule has 0 fully saturated rings. The van der Waals surface area contributed by atoms with Gasteiger partial charge >= 0.3 is 0 Å². The lowest BCUT2D eigenvalue weighted by Gasteiger charge is -2.18. The second kappa shape index (κ2) is 10.4. The molecule has 0 saturated carbocycles. The summed E-state index contributed by atoms with van der Waals surface area (Å²) in [5.74, 6) is 0. The van der Waals surface area contributed by atoms with Crippen LogP contribution >= 0.6 is 0 Å². The smallest absolute Gasteiger partial charge is 0.0700 e. The molecule has 0 spiro atoms. The third kappa shape index (κ3) is 4.49. The van der Waals surface area contributed by atoms with Crippen molar-refractivity contribution >= 4 is 37.9 Å². The van der Waals surface area contributed by atoms with Crippen molar-refractivity contribution in [3.8, 4) is 33.4 Å². The highest BCUT2D eigenvalue weighted by atomic mass is 14.8. The second-order valence-corrected chi connectivity index (χ2v) is 11.3. The molecule has 8 rings (SSSR count). The van der Waals surface area contributed by atoms with Crippen molar-refractivity contribution in [3.05, 3.63) is 157 Å². The second-order valence-electron chi connectivity index (χ2n) is 11.3. The first-order valence-corrected chi connectivity index (χ1v) is 14.8. The van der Waals surface area contributed by atoms with Gasteiger partial charge in [0, 0.05) is 18.3 Å². The normalized spacial score (nSPS) is 12.9. The van der Waals surface area contributed by atoms with Crippen molar-refractivity contribution < 1.29 is 0 Å². The van der Waals surface area contributed by atoms with E-state index in [2.05, 4.69) is 146 Å². The molecule has 2 heterocycles. The molecule has 0 unspecified atom stereocenters. The van der Waals surface area contributed by atoms with E-state index in [1.54, 1.807) is 0 Å². The fraction of sp³-hybridized carbons (Fsp3) is 0.0488. The first-order chi connectivity index (χ1) is 21.2. The van der Waals surface area contributed by atoms with Gasteiger partial charge in [0.15, 0.2) is 0 Å². The maximum atomic E-state index is 4.76. The Labute approximate surface area is 251 Å². The first-order valence-electron chi connectivity index (χ1n) is 14.8. The quantitative estimate of drug-likeness (QED) is 0.221. The average Bonchev–Trinajstić information content (AvgIpc) is 3.07. The molecule has 204 valence electrons. The summed E-state index contributed by atoms with van der Waals surface area (Å²) in [7, 11) is 0. The minimum Gasteiger partial charge on any atom is -0.387 e. The zero-order valence-electron chi connectivity index (χ0n) is 24.0. The van der Waals surface area contributed by atoms with Crippen molar-refractivity contribution in [2.24, 2.45) is 0 Å². The Balaban J connectivity index is 1.26. The van der Waals surface area contributed by atoms with Crippen molar-refractivity contribution in [1.82, 2.24) is 10.3 Å². The Morgan fingerprint density at radius 1 is 0.558 bits per heavy atom. The van der Waals surface area contributed by atoms with E-state index in [1.807, 2.05) is 12.4 Å². The lowest BCUT2D eigenvalue weighted by molar-refractivity contribution is 0.974. The van der Waals surface area contributed by atoms with E-state index >= 15 is 0 Å². The Bertz CT molecular complexity index is 2160. The number of hydrogen-bond acceptors (Lipinski definition) is 2. The molecule has 0 radical (unpaired) electrons. The number of rotatable bonds is 4. The van der Waals surface area contributed by atoms with Crippen LogP contribution in [0.3, 0.4) is 0 Å². The van der Waals surface area contributed by atoms with Crippen LogP contribution in [0, 0.1) is 6.92 Å². The number of nitrogens with one attached hydrogen (secondary N) is 1. The number of allylic oxidation sites excluding steroid dienone is 2. The van der Waals surface area contributed by atoms with Crippen molar-refractivity contribution in [1.29, 1.82) is 0 Å². The summed E-state index contributed by atoms with van der Waals surface area (Å²) < 4.78 is 0. The number of hydrogen-bond donors (Lipinski definition) is 1. The largest absolute Gasteiger partial charge is 0.387 e. The molecule has 1 aliphatic heterocycles. The molecule has 0 atom stereocenters. The van der Waals surface area contributed by atoms with Gasteiger partial charge in [-0.1, -0.05) is 121 Å². The third-order valence-corrected chi connectivity index (χ3v) is 8.60. The number of dihydropyridines is 1. The van der Waals surface area contributed by atoms with E-state index in [-0.39, 0.29) is 0 Å². The number of pyridine rings is 1. The van der Waals surface area contributed by atoms with Crippen molar-refractivity contribution in [2.45, 2.75) is 6.92 Å². The van der Waals surface area contributed by atoms with E-state index in [0.717, 1.165) is 28.9 Å². The molecule has 7 aromatic rings. The van der Waals surface area contributed by atoms with Crippen LogP contribution in [0.4, 0.5) is 0 Å². The van der Waals surface area contributed by atoms with Gasteiger partial charge in [0.2, 0.25) is 0 Å². The number of benzene rings is 6. The number of nitrogens with zero attached hydrogens (tertiary/aromatic N) is 1. The Kier molecular flexibility index (Phi) is 6.12. The summed E-state index contributed by atoms with van der Waals surface area (Å²) in [6, 6.07) is 44.5. The zero-order chi connectivity index (χ0) is 28.8. The van der Waals surface area contributed by atoms with E-state index in [9.17, 15) is 0 Å². The maximum Gasteiger partial charge on any atom is 0.0700 e. The Morgan fingerprint density at radius 3 is 1.79 bits per heavy atom. The minimum atomic E-state index is 0.836. The lowest BCUT2D eigenvalue weighted by Crippen LogP contribution is -2.08. The topological polar surface area (TPSA) is 24.9 Å². The van der Waals surface area contributed by atoms with Gasteiger partial charge in [-0.15, -0.1) is 0 Å². The maximum absolute atomic E-state index is 4.76. The molecule has 1 aliphatic rings. The van der Waals surface area contributed by atoms with Gasteiger partial charge in [-0.3, -0.25) is 4.98 Å².